The molecule has 3 N–H and O–H groups in total. The van der Waals surface area contributed by atoms with Gasteiger partial charge in [-0.05, 0) is 18.2 Å². The van der Waals surface area contributed by atoms with Crippen LogP contribution < -0.4 is 5.56 Å². The van der Waals surface area contributed by atoms with E-state index in [-0.39, 0.29) is 11.3 Å². The molecule has 0 radical (unpaired) electrons. The van der Waals surface area contributed by atoms with Crippen LogP contribution in [0.1, 0.15) is 5.56 Å². The summed E-state index contributed by atoms with van der Waals surface area (Å²) < 4.78 is 13.9. The minimum absolute atomic E-state index is 0.149. The van der Waals surface area contributed by atoms with Crippen molar-refractivity contribution in [3.63, 3.8) is 0 Å². The van der Waals surface area contributed by atoms with Crippen LogP contribution >= 0.6 is 0 Å². The zero-order valence-corrected chi connectivity index (χ0v) is 8.14. The quantitative estimate of drug-likeness (QED) is 0.695. The molecular formula is C10H9FN2O3. The summed E-state index contributed by atoms with van der Waals surface area (Å²) in [6.07, 6.45) is 0. The van der Waals surface area contributed by atoms with Crippen LogP contribution in [0.25, 0.3) is 5.69 Å². The maximum absolute atomic E-state index is 12.9. The normalized spacial score (nSPS) is 10.6. The molecular weight excluding hydrogens is 215 g/mol. The van der Waals surface area contributed by atoms with Crippen molar-refractivity contribution >= 4 is 0 Å². The number of hydrogen-bond acceptors (Lipinski definition) is 3. The van der Waals surface area contributed by atoms with Crippen molar-refractivity contribution in [2.75, 3.05) is 0 Å². The molecule has 0 saturated carbocycles. The van der Waals surface area contributed by atoms with E-state index in [1.54, 1.807) is 0 Å². The highest BCUT2D eigenvalue weighted by molar-refractivity contribution is 5.37. The van der Waals surface area contributed by atoms with Gasteiger partial charge in [-0.2, -0.15) is 0 Å². The first kappa shape index (κ1) is 10.4. The summed E-state index contributed by atoms with van der Waals surface area (Å²) in [5, 5.41) is 20.7. The molecule has 0 atom stereocenters. The van der Waals surface area contributed by atoms with Crippen molar-refractivity contribution in [2.45, 2.75) is 6.61 Å². The van der Waals surface area contributed by atoms with Crippen molar-refractivity contribution in [3.8, 4) is 11.6 Å². The standard InChI is InChI=1S/C10H9FN2O3/c11-6-2-1-3-7(4-6)13-10(16)8(5-14)9(15)12-13/h1-4,14,16H,5H2,(H,12,15). The number of benzene rings is 1. The first-order valence-corrected chi connectivity index (χ1v) is 4.53. The SMILES string of the molecule is O=c1[nH]n(-c2cccc(F)c2)c(O)c1CO. The van der Waals surface area contributed by atoms with Gasteiger partial charge in [0.15, 0.2) is 0 Å². The molecule has 0 spiro atoms. The summed E-state index contributed by atoms with van der Waals surface area (Å²) in [6.45, 7) is -0.580. The zero-order chi connectivity index (χ0) is 11.7. The number of aromatic nitrogens is 2. The van der Waals surface area contributed by atoms with Crippen molar-refractivity contribution in [1.82, 2.24) is 9.78 Å². The molecule has 0 unspecified atom stereocenters. The summed E-state index contributed by atoms with van der Waals surface area (Å²) in [7, 11) is 0. The van der Waals surface area contributed by atoms with Gasteiger partial charge in [-0.3, -0.25) is 9.89 Å². The number of aromatic amines is 1. The van der Waals surface area contributed by atoms with Crippen molar-refractivity contribution in [1.29, 1.82) is 0 Å². The van der Waals surface area contributed by atoms with Crippen molar-refractivity contribution in [2.24, 2.45) is 0 Å². The highest BCUT2D eigenvalue weighted by atomic mass is 19.1. The van der Waals surface area contributed by atoms with E-state index in [4.69, 9.17) is 5.11 Å². The number of aromatic hydroxyl groups is 1. The van der Waals surface area contributed by atoms with Gasteiger partial charge in [-0.1, -0.05) is 6.07 Å². The van der Waals surface area contributed by atoms with Crippen LogP contribution in [-0.4, -0.2) is 20.0 Å². The van der Waals surface area contributed by atoms with E-state index in [1.165, 1.54) is 18.2 Å². The Balaban J connectivity index is 2.61. The predicted molar refractivity (Wildman–Crippen MR) is 53.9 cm³/mol. The third-order valence-electron chi connectivity index (χ3n) is 2.19. The van der Waals surface area contributed by atoms with Gasteiger partial charge < -0.3 is 10.2 Å². The Morgan fingerprint density at radius 2 is 2.19 bits per heavy atom. The minimum atomic E-state index is -0.607. The zero-order valence-electron chi connectivity index (χ0n) is 8.14. The minimum Gasteiger partial charge on any atom is -0.493 e. The lowest BCUT2D eigenvalue weighted by Crippen LogP contribution is -2.07. The van der Waals surface area contributed by atoms with Crippen LogP contribution in [0.3, 0.4) is 0 Å². The number of H-pyrrole nitrogens is 1. The van der Waals surface area contributed by atoms with E-state index < -0.39 is 23.9 Å². The smallest absolute Gasteiger partial charge is 0.273 e. The van der Waals surface area contributed by atoms with Crippen LogP contribution in [0.4, 0.5) is 4.39 Å². The molecule has 1 aromatic heterocycles. The first-order chi connectivity index (χ1) is 7.63. The van der Waals surface area contributed by atoms with Crippen LogP contribution in [-0.2, 0) is 6.61 Å². The molecule has 2 rings (SSSR count). The fourth-order valence-corrected chi connectivity index (χ4v) is 1.40. The lowest BCUT2D eigenvalue weighted by atomic mass is 10.3. The van der Waals surface area contributed by atoms with Crippen molar-refractivity contribution < 1.29 is 14.6 Å². The molecule has 0 saturated heterocycles. The number of nitrogens with zero attached hydrogens (tertiary/aromatic N) is 1. The lowest BCUT2D eigenvalue weighted by Gasteiger charge is -2.03. The molecule has 1 heterocycles. The maximum Gasteiger partial charge on any atom is 0.273 e. The first-order valence-electron chi connectivity index (χ1n) is 4.53. The number of aliphatic hydroxyl groups is 1. The molecule has 2 aromatic rings. The summed E-state index contributed by atoms with van der Waals surface area (Å²) in [5.74, 6) is -0.907. The van der Waals surface area contributed by atoms with Gasteiger partial charge >= 0.3 is 0 Å². The second kappa shape index (κ2) is 3.82. The monoisotopic (exact) mass is 224 g/mol. The van der Waals surface area contributed by atoms with E-state index in [9.17, 15) is 14.3 Å². The Bertz CT molecular complexity index is 574. The largest absolute Gasteiger partial charge is 0.493 e. The number of hydrogen-bond donors (Lipinski definition) is 3. The molecule has 84 valence electrons. The van der Waals surface area contributed by atoms with Crippen molar-refractivity contribution in [3.05, 3.63) is 46.0 Å². The Hall–Kier alpha value is -2.08. The number of halogens is 1. The Morgan fingerprint density at radius 3 is 2.75 bits per heavy atom. The molecule has 1 aromatic carbocycles. The van der Waals surface area contributed by atoms with Gasteiger partial charge in [-0.25, -0.2) is 9.07 Å². The fourth-order valence-electron chi connectivity index (χ4n) is 1.40. The van der Waals surface area contributed by atoms with Gasteiger partial charge in [0.2, 0.25) is 5.88 Å². The molecule has 0 aliphatic rings. The second-order valence-corrected chi connectivity index (χ2v) is 3.22. The molecule has 0 aliphatic carbocycles. The number of nitrogens with one attached hydrogen (secondary N) is 1. The fraction of sp³-hybridized carbons (Fsp3) is 0.100. The molecule has 16 heavy (non-hydrogen) atoms. The lowest BCUT2D eigenvalue weighted by molar-refractivity contribution is 0.273. The Labute approximate surface area is 89.4 Å². The van der Waals surface area contributed by atoms with Crippen LogP contribution in [0.5, 0.6) is 5.88 Å². The molecule has 0 bridgehead atoms. The van der Waals surface area contributed by atoms with Gasteiger partial charge in [0, 0.05) is 0 Å². The maximum atomic E-state index is 12.9. The van der Waals surface area contributed by atoms with Crippen LogP contribution in [0.2, 0.25) is 0 Å². The van der Waals surface area contributed by atoms with Crippen LogP contribution in [0, 0.1) is 5.82 Å². The van der Waals surface area contributed by atoms with Gasteiger partial charge in [0.25, 0.3) is 5.56 Å². The predicted octanol–water partition coefficient (Wildman–Crippen LogP) is 0.503. The molecule has 6 heteroatoms. The average Bonchev–Trinajstić information content (AvgIpc) is 2.54. The number of rotatable bonds is 2. The van der Waals surface area contributed by atoms with Gasteiger partial charge in [-0.15, -0.1) is 0 Å². The average molecular weight is 224 g/mol. The molecule has 0 amide bonds. The van der Waals surface area contributed by atoms with Gasteiger partial charge in [0.05, 0.1) is 12.3 Å². The summed E-state index contributed by atoms with van der Waals surface area (Å²) in [4.78, 5) is 11.3. The van der Waals surface area contributed by atoms with E-state index in [0.29, 0.717) is 0 Å². The van der Waals surface area contributed by atoms with Gasteiger partial charge in [0.1, 0.15) is 11.4 Å². The Morgan fingerprint density at radius 1 is 1.44 bits per heavy atom. The third-order valence-corrected chi connectivity index (χ3v) is 2.19. The summed E-state index contributed by atoms with van der Waals surface area (Å²) in [5.41, 5.74) is -0.483. The highest BCUT2D eigenvalue weighted by Crippen LogP contribution is 2.18. The molecule has 0 aliphatic heterocycles. The summed E-state index contributed by atoms with van der Waals surface area (Å²) in [6, 6.07) is 5.35. The molecule has 0 fully saturated rings. The van der Waals surface area contributed by atoms with Crippen LogP contribution in [0.15, 0.2) is 29.1 Å². The third kappa shape index (κ3) is 1.59. The second-order valence-electron chi connectivity index (χ2n) is 3.22. The van der Waals surface area contributed by atoms with E-state index in [0.717, 1.165) is 10.7 Å². The highest BCUT2D eigenvalue weighted by Gasteiger charge is 2.13. The summed E-state index contributed by atoms with van der Waals surface area (Å²) >= 11 is 0. The molecule has 5 nitrogen and oxygen atoms in total. The van der Waals surface area contributed by atoms with E-state index in [2.05, 4.69) is 5.10 Å². The Kier molecular flexibility index (Phi) is 2.49. The topological polar surface area (TPSA) is 78.2 Å². The van der Waals surface area contributed by atoms with E-state index in [1.807, 2.05) is 0 Å². The van der Waals surface area contributed by atoms with E-state index >= 15 is 0 Å². The number of aliphatic hydroxyl groups excluding tert-OH is 1.